The van der Waals surface area contributed by atoms with Crippen LogP contribution >= 0.6 is 0 Å². The smallest absolute Gasteiger partial charge is 0.374 e. The van der Waals surface area contributed by atoms with Gasteiger partial charge in [0.1, 0.15) is 0 Å². The van der Waals surface area contributed by atoms with Gasteiger partial charge in [0.25, 0.3) is 0 Å². The number of rotatable bonds is 7. The third-order valence-corrected chi connectivity index (χ3v) is 4.09. The van der Waals surface area contributed by atoms with Crippen LogP contribution in [0.4, 0.5) is 13.2 Å². The maximum Gasteiger partial charge on any atom is 0.425 e. The second kappa shape index (κ2) is 8.10. The number of hydrogen-bond acceptors (Lipinski definition) is 4. The zero-order chi connectivity index (χ0) is 20.2. The van der Waals surface area contributed by atoms with E-state index < -0.39 is 29.9 Å². The Bertz CT molecular complexity index is 772. The SMILES string of the molecule is CN(C)Cc1ccc(CNC(=O)CC(O)(c2nccn2C)C(F)(F)F)cc1. The summed E-state index contributed by atoms with van der Waals surface area (Å²) in [5, 5.41) is 12.6. The first-order valence-electron chi connectivity index (χ1n) is 8.29. The van der Waals surface area contributed by atoms with Crippen LogP contribution in [0.3, 0.4) is 0 Å². The quantitative estimate of drug-likeness (QED) is 0.766. The first-order chi connectivity index (χ1) is 12.5. The molecule has 1 atom stereocenters. The minimum atomic E-state index is -5.04. The fraction of sp³-hybridized carbons (Fsp3) is 0.444. The van der Waals surface area contributed by atoms with Gasteiger partial charge in [-0.05, 0) is 25.2 Å². The summed E-state index contributed by atoms with van der Waals surface area (Å²) in [5.41, 5.74) is -1.53. The molecule has 1 aromatic carbocycles. The maximum atomic E-state index is 13.4. The molecule has 0 radical (unpaired) electrons. The Balaban J connectivity index is 2.03. The van der Waals surface area contributed by atoms with Gasteiger partial charge < -0.3 is 19.9 Å². The molecule has 9 heteroatoms. The Hall–Kier alpha value is -2.39. The Labute approximate surface area is 155 Å². The third-order valence-electron chi connectivity index (χ3n) is 4.09. The van der Waals surface area contributed by atoms with Gasteiger partial charge >= 0.3 is 6.18 Å². The fourth-order valence-corrected chi connectivity index (χ4v) is 2.69. The van der Waals surface area contributed by atoms with Crippen molar-refractivity contribution in [3.05, 3.63) is 53.6 Å². The number of aryl methyl sites for hydroxylation is 1. The highest BCUT2D eigenvalue weighted by Gasteiger charge is 2.58. The van der Waals surface area contributed by atoms with E-state index in [2.05, 4.69) is 10.3 Å². The lowest BCUT2D eigenvalue weighted by Crippen LogP contribution is -2.47. The molecule has 1 unspecified atom stereocenters. The van der Waals surface area contributed by atoms with Crippen molar-refractivity contribution in [2.75, 3.05) is 14.1 Å². The Kier molecular flexibility index (Phi) is 6.27. The molecule has 0 bridgehead atoms. The minimum Gasteiger partial charge on any atom is -0.374 e. The Morgan fingerprint density at radius 2 is 1.81 bits per heavy atom. The summed E-state index contributed by atoms with van der Waals surface area (Å²) in [4.78, 5) is 17.7. The normalized spacial score (nSPS) is 14.2. The molecule has 1 amide bonds. The number of nitrogens with one attached hydrogen (secondary N) is 1. The summed E-state index contributed by atoms with van der Waals surface area (Å²) in [6.07, 6.45) is -3.80. The molecule has 1 aromatic heterocycles. The summed E-state index contributed by atoms with van der Waals surface area (Å²) in [6.45, 7) is 0.824. The monoisotopic (exact) mass is 384 g/mol. The van der Waals surface area contributed by atoms with Gasteiger partial charge in [-0.15, -0.1) is 0 Å². The van der Waals surface area contributed by atoms with Gasteiger partial charge in [0.2, 0.25) is 11.5 Å². The Morgan fingerprint density at radius 1 is 1.22 bits per heavy atom. The molecule has 27 heavy (non-hydrogen) atoms. The first-order valence-corrected chi connectivity index (χ1v) is 8.29. The molecule has 148 valence electrons. The zero-order valence-corrected chi connectivity index (χ0v) is 15.4. The number of imidazole rings is 1. The van der Waals surface area contributed by atoms with Crippen molar-refractivity contribution in [2.24, 2.45) is 7.05 Å². The van der Waals surface area contributed by atoms with Crippen molar-refractivity contribution in [3.63, 3.8) is 0 Å². The van der Waals surface area contributed by atoms with Crippen LogP contribution in [0.5, 0.6) is 0 Å². The minimum absolute atomic E-state index is 0.0651. The predicted octanol–water partition coefficient (Wildman–Crippen LogP) is 1.94. The molecule has 6 nitrogen and oxygen atoms in total. The van der Waals surface area contributed by atoms with Crippen LogP contribution < -0.4 is 5.32 Å². The van der Waals surface area contributed by atoms with Crippen LogP contribution in [0.25, 0.3) is 0 Å². The van der Waals surface area contributed by atoms with Gasteiger partial charge in [0, 0.05) is 32.5 Å². The molecule has 2 aromatic rings. The molecule has 0 spiro atoms. The first kappa shape index (κ1) is 20.9. The van der Waals surface area contributed by atoms with Crippen molar-refractivity contribution in [2.45, 2.75) is 31.3 Å². The number of nitrogens with zero attached hydrogens (tertiary/aromatic N) is 3. The number of carbonyl (C=O) groups excluding carboxylic acids is 1. The summed E-state index contributed by atoms with van der Waals surface area (Å²) >= 11 is 0. The Morgan fingerprint density at radius 3 is 2.30 bits per heavy atom. The van der Waals surface area contributed by atoms with E-state index in [0.29, 0.717) is 0 Å². The van der Waals surface area contributed by atoms with Gasteiger partial charge in [-0.3, -0.25) is 4.79 Å². The van der Waals surface area contributed by atoms with E-state index in [1.165, 1.54) is 13.2 Å². The van der Waals surface area contributed by atoms with Crippen LogP contribution in [0.1, 0.15) is 23.4 Å². The number of halogens is 3. The van der Waals surface area contributed by atoms with Crippen molar-refractivity contribution in [3.8, 4) is 0 Å². The number of amides is 1. The van der Waals surface area contributed by atoms with Crippen molar-refractivity contribution in [1.29, 1.82) is 0 Å². The molecule has 0 aliphatic rings. The number of alkyl halides is 3. The molecule has 0 aliphatic heterocycles. The highest BCUT2D eigenvalue weighted by molar-refractivity contribution is 5.77. The molecular formula is C18H23F3N4O2. The van der Waals surface area contributed by atoms with E-state index in [-0.39, 0.29) is 6.54 Å². The van der Waals surface area contributed by atoms with E-state index in [4.69, 9.17) is 0 Å². The molecule has 2 N–H and O–H groups in total. The highest BCUT2D eigenvalue weighted by Crippen LogP contribution is 2.40. The lowest BCUT2D eigenvalue weighted by molar-refractivity contribution is -0.271. The van der Waals surface area contributed by atoms with Crippen molar-refractivity contribution >= 4 is 5.91 Å². The zero-order valence-electron chi connectivity index (χ0n) is 15.4. The van der Waals surface area contributed by atoms with Crippen molar-refractivity contribution < 1.29 is 23.1 Å². The van der Waals surface area contributed by atoms with Crippen LogP contribution in [0, 0.1) is 0 Å². The number of carbonyl (C=O) groups is 1. The summed E-state index contributed by atoms with van der Waals surface area (Å²) in [6, 6.07) is 7.38. The largest absolute Gasteiger partial charge is 0.425 e. The lowest BCUT2D eigenvalue weighted by Gasteiger charge is -2.29. The number of hydrogen-bond donors (Lipinski definition) is 2. The molecule has 0 aliphatic carbocycles. The number of benzene rings is 1. The molecule has 0 saturated carbocycles. The summed E-state index contributed by atoms with van der Waals surface area (Å²) in [5.74, 6) is -1.55. The van der Waals surface area contributed by atoms with Crippen LogP contribution in [-0.4, -0.2) is 45.7 Å². The molecule has 2 rings (SSSR count). The molecular weight excluding hydrogens is 361 g/mol. The third kappa shape index (κ3) is 5.08. The average molecular weight is 384 g/mol. The number of aromatic nitrogens is 2. The summed E-state index contributed by atoms with van der Waals surface area (Å²) in [7, 11) is 5.21. The van der Waals surface area contributed by atoms with E-state index >= 15 is 0 Å². The van der Waals surface area contributed by atoms with Crippen LogP contribution in [0.2, 0.25) is 0 Å². The van der Waals surface area contributed by atoms with Gasteiger partial charge in [0.15, 0.2) is 5.82 Å². The lowest BCUT2D eigenvalue weighted by atomic mass is 9.97. The van der Waals surface area contributed by atoms with Crippen LogP contribution in [0.15, 0.2) is 36.7 Å². The van der Waals surface area contributed by atoms with E-state index in [1.807, 2.05) is 31.1 Å². The molecule has 0 saturated heterocycles. The standard InChI is InChI=1S/C18H23F3N4O2/c1-24(2)12-14-6-4-13(5-7-14)11-23-15(26)10-17(27,18(19,20)21)16-22-8-9-25(16)3/h4-9,27H,10-12H2,1-3H3,(H,23,26). The topological polar surface area (TPSA) is 70.4 Å². The van der Waals surface area contributed by atoms with E-state index in [9.17, 15) is 23.1 Å². The molecule has 1 heterocycles. The van der Waals surface area contributed by atoms with Crippen LogP contribution in [-0.2, 0) is 30.5 Å². The average Bonchev–Trinajstić information content (AvgIpc) is 2.99. The maximum absolute atomic E-state index is 13.4. The second-order valence-corrected chi connectivity index (χ2v) is 6.73. The van der Waals surface area contributed by atoms with Gasteiger partial charge in [-0.2, -0.15) is 13.2 Å². The fourth-order valence-electron chi connectivity index (χ4n) is 2.69. The second-order valence-electron chi connectivity index (χ2n) is 6.73. The van der Waals surface area contributed by atoms with Gasteiger partial charge in [-0.1, -0.05) is 24.3 Å². The molecule has 0 fully saturated rings. The van der Waals surface area contributed by atoms with Gasteiger partial charge in [-0.25, -0.2) is 4.98 Å². The van der Waals surface area contributed by atoms with Crippen molar-refractivity contribution in [1.82, 2.24) is 19.8 Å². The van der Waals surface area contributed by atoms with Gasteiger partial charge in [0.05, 0.1) is 6.42 Å². The van der Waals surface area contributed by atoms with E-state index in [0.717, 1.165) is 28.4 Å². The predicted molar refractivity (Wildman–Crippen MR) is 93.5 cm³/mol. The van der Waals surface area contributed by atoms with E-state index in [1.54, 1.807) is 12.1 Å². The number of aliphatic hydroxyl groups is 1. The summed E-state index contributed by atoms with van der Waals surface area (Å²) < 4.78 is 41.3. The highest BCUT2D eigenvalue weighted by atomic mass is 19.4.